The molecule has 17 heavy (non-hydrogen) atoms. The number of pyridine rings is 1. The number of H-pyrrole nitrogens is 1. The summed E-state index contributed by atoms with van der Waals surface area (Å²) in [4.78, 5) is 22.4. The number of nitrogens with one attached hydrogen (secondary N) is 1. The number of nitrogens with zero attached hydrogens (tertiary/aromatic N) is 3. The van der Waals surface area contributed by atoms with Crippen LogP contribution in [0.4, 0.5) is 5.82 Å². The monoisotopic (exact) mass is 231 g/mol. The van der Waals surface area contributed by atoms with Crippen LogP contribution in [0.5, 0.6) is 0 Å². The Kier molecular flexibility index (Phi) is 3.04. The number of hydrogen-bond acceptors (Lipinski definition) is 3. The minimum absolute atomic E-state index is 0.202. The van der Waals surface area contributed by atoms with Crippen molar-refractivity contribution in [2.75, 3.05) is 0 Å². The van der Waals surface area contributed by atoms with E-state index < -0.39 is 0 Å². The van der Waals surface area contributed by atoms with E-state index in [4.69, 9.17) is 5.73 Å². The third-order valence-corrected chi connectivity index (χ3v) is 2.39. The third kappa shape index (κ3) is 2.25. The molecule has 6 nitrogen and oxygen atoms in total. The predicted octanol–water partition coefficient (Wildman–Crippen LogP) is 0.547. The highest BCUT2D eigenvalue weighted by Crippen LogP contribution is 2.15. The lowest BCUT2D eigenvalue weighted by Crippen LogP contribution is -2.17. The highest BCUT2D eigenvalue weighted by atomic mass is 16.1. The molecule has 0 amide bonds. The van der Waals surface area contributed by atoms with Gasteiger partial charge in [-0.1, -0.05) is 6.07 Å². The Morgan fingerprint density at radius 3 is 3.12 bits per heavy atom. The van der Waals surface area contributed by atoms with E-state index in [9.17, 15) is 4.79 Å². The van der Waals surface area contributed by atoms with Gasteiger partial charge in [-0.3, -0.25) is 9.55 Å². The number of imidazole rings is 1. The van der Waals surface area contributed by atoms with Gasteiger partial charge in [0, 0.05) is 12.4 Å². The van der Waals surface area contributed by atoms with E-state index >= 15 is 0 Å². The Bertz CT molecular complexity index is 582. The van der Waals surface area contributed by atoms with Crippen molar-refractivity contribution in [3.63, 3.8) is 0 Å². The van der Waals surface area contributed by atoms with Gasteiger partial charge in [-0.05, 0) is 18.6 Å². The van der Waals surface area contributed by atoms with Gasteiger partial charge in [-0.2, -0.15) is 0 Å². The van der Waals surface area contributed by atoms with E-state index in [-0.39, 0.29) is 5.69 Å². The average Bonchev–Trinajstić information content (AvgIpc) is 2.58. The third-order valence-electron chi connectivity index (χ3n) is 2.39. The molecule has 0 aliphatic heterocycles. The SMILES string of the molecule is Cc1[nH]c(=O)n(Cc2cccnc2)c1/N=C\N. The van der Waals surface area contributed by atoms with Gasteiger partial charge in [0.15, 0.2) is 5.82 Å². The van der Waals surface area contributed by atoms with E-state index in [1.165, 1.54) is 10.9 Å². The summed E-state index contributed by atoms with van der Waals surface area (Å²) in [5.74, 6) is 0.543. The quantitative estimate of drug-likeness (QED) is 0.597. The van der Waals surface area contributed by atoms with Crippen molar-refractivity contribution in [2.45, 2.75) is 13.5 Å². The van der Waals surface area contributed by atoms with Crippen LogP contribution < -0.4 is 11.4 Å². The van der Waals surface area contributed by atoms with Crippen molar-refractivity contribution in [2.24, 2.45) is 10.7 Å². The summed E-state index contributed by atoms with van der Waals surface area (Å²) in [7, 11) is 0. The molecule has 2 rings (SSSR count). The number of rotatable bonds is 3. The first-order chi connectivity index (χ1) is 8.22. The van der Waals surface area contributed by atoms with E-state index in [2.05, 4.69) is 15.0 Å². The van der Waals surface area contributed by atoms with Gasteiger partial charge in [0.25, 0.3) is 0 Å². The minimum atomic E-state index is -0.202. The second-order valence-corrected chi connectivity index (χ2v) is 3.60. The molecule has 6 heteroatoms. The molecule has 0 spiro atoms. The molecule has 0 saturated carbocycles. The van der Waals surface area contributed by atoms with Crippen LogP contribution in [-0.2, 0) is 6.54 Å². The highest BCUT2D eigenvalue weighted by molar-refractivity contribution is 5.58. The van der Waals surface area contributed by atoms with Crippen LogP contribution in [0.25, 0.3) is 0 Å². The van der Waals surface area contributed by atoms with Crippen LogP contribution in [0.2, 0.25) is 0 Å². The molecule has 2 heterocycles. The lowest BCUT2D eigenvalue weighted by atomic mass is 10.3. The molecule has 88 valence electrons. The fraction of sp³-hybridized carbons (Fsp3) is 0.182. The van der Waals surface area contributed by atoms with Crippen LogP contribution in [0.1, 0.15) is 11.3 Å². The lowest BCUT2D eigenvalue weighted by molar-refractivity contribution is 0.761. The fourth-order valence-electron chi connectivity index (χ4n) is 1.64. The number of aromatic nitrogens is 3. The fourth-order valence-corrected chi connectivity index (χ4v) is 1.64. The van der Waals surface area contributed by atoms with Crippen LogP contribution in [0, 0.1) is 6.92 Å². The lowest BCUT2D eigenvalue weighted by Gasteiger charge is -2.03. The first kappa shape index (κ1) is 11.1. The summed E-state index contributed by atoms with van der Waals surface area (Å²) >= 11 is 0. The Hall–Kier alpha value is -2.37. The maximum atomic E-state index is 11.7. The molecular formula is C11H13N5O. The van der Waals surface area contributed by atoms with Gasteiger partial charge in [-0.25, -0.2) is 9.79 Å². The van der Waals surface area contributed by atoms with Gasteiger partial charge >= 0.3 is 5.69 Å². The smallest absolute Gasteiger partial charge is 0.327 e. The van der Waals surface area contributed by atoms with Crippen molar-refractivity contribution >= 4 is 12.2 Å². The van der Waals surface area contributed by atoms with Gasteiger partial charge < -0.3 is 10.7 Å². The van der Waals surface area contributed by atoms with Crippen molar-refractivity contribution < 1.29 is 0 Å². The molecule has 2 aromatic rings. The van der Waals surface area contributed by atoms with E-state index in [1.807, 2.05) is 12.1 Å². The molecule has 0 aromatic carbocycles. The van der Waals surface area contributed by atoms with Gasteiger partial charge in [-0.15, -0.1) is 0 Å². The van der Waals surface area contributed by atoms with E-state index in [1.54, 1.807) is 19.3 Å². The summed E-state index contributed by atoms with van der Waals surface area (Å²) in [6, 6.07) is 3.73. The molecule has 0 radical (unpaired) electrons. The second-order valence-electron chi connectivity index (χ2n) is 3.60. The maximum absolute atomic E-state index is 11.7. The first-order valence-electron chi connectivity index (χ1n) is 5.15. The molecule has 0 saturated heterocycles. The topological polar surface area (TPSA) is 89.1 Å². The summed E-state index contributed by atoms with van der Waals surface area (Å²) in [5, 5.41) is 0. The predicted molar refractivity (Wildman–Crippen MR) is 65.5 cm³/mol. The summed E-state index contributed by atoms with van der Waals surface area (Å²) in [6.45, 7) is 2.20. The number of aliphatic imine (C=N–C) groups is 1. The van der Waals surface area contributed by atoms with Gasteiger partial charge in [0.1, 0.15) is 0 Å². The summed E-state index contributed by atoms with van der Waals surface area (Å²) < 4.78 is 1.52. The summed E-state index contributed by atoms with van der Waals surface area (Å²) in [5.41, 5.74) is 6.69. The molecule has 0 fully saturated rings. The molecule has 0 unspecified atom stereocenters. The molecular weight excluding hydrogens is 218 g/mol. The second kappa shape index (κ2) is 4.65. The first-order valence-corrected chi connectivity index (χ1v) is 5.15. The highest BCUT2D eigenvalue weighted by Gasteiger charge is 2.09. The number of aromatic amines is 1. The molecule has 0 bridgehead atoms. The maximum Gasteiger partial charge on any atom is 0.327 e. The standard InChI is InChI=1S/C11H13N5O/c1-8-10(14-7-12)16(11(17)15-8)6-9-3-2-4-13-5-9/h2-5,7H,6H2,1H3,(H2,12,14)(H,15,17). The normalized spacial score (nSPS) is 11.1. The van der Waals surface area contributed by atoms with Crippen LogP contribution in [-0.4, -0.2) is 20.9 Å². The van der Waals surface area contributed by atoms with Crippen LogP contribution in [0.3, 0.4) is 0 Å². The Morgan fingerprint density at radius 1 is 1.65 bits per heavy atom. The van der Waals surface area contributed by atoms with Crippen molar-refractivity contribution in [3.8, 4) is 0 Å². The minimum Gasteiger partial charge on any atom is -0.390 e. The molecule has 0 atom stereocenters. The zero-order valence-corrected chi connectivity index (χ0v) is 9.42. The van der Waals surface area contributed by atoms with Crippen LogP contribution >= 0.6 is 0 Å². The average molecular weight is 231 g/mol. The van der Waals surface area contributed by atoms with Gasteiger partial charge in [0.2, 0.25) is 0 Å². The number of hydrogen-bond donors (Lipinski definition) is 2. The summed E-state index contributed by atoms with van der Waals surface area (Å²) in [6.07, 6.45) is 4.58. The largest absolute Gasteiger partial charge is 0.390 e. The zero-order chi connectivity index (χ0) is 12.3. The Labute approximate surface area is 97.8 Å². The van der Waals surface area contributed by atoms with E-state index in [0.29, 0.717) is 18.1 Å². The van der Waals surface area contributed by atoms with E-state index in [0.717, 1.165) is 5.56 Å². The van der Waals surface area contributed by atoms with Crippen molar-refractivity contribution in [3.05, 3.63) is 46.3 Å². The Balaban J connectivity index is 2.42. The Morgan fingerprint density at radius 2 is 2.47 bits per heavy atom. The van der Waals surface area contributed by atoms with Gasteiger partial charge in [0.05, 0.1) is 18.6 Å². The molecule has 0 aliphatic rings. The van der Waals surface area contributed by atoms with Crippen LogP contribution in [0.15, 0.2) is 34.3 Å². The van der Waals surface area contributed by atoms with Crippen molar-refractivity contribution in [1.29, 1.82) is 0 Å². The molecule has 0 aliphatic carbocycles. The zero-order valence-electron chi connectivity index (χ0n) is 9.42. The molecule has 3 N–H and O–H groups in total. The number of nitrogens with two attached hydrogens (primary N) is 1. The number of aryl methyl sites for hydroxylation is 1. The molecule has 2 aromatic heterocycles. The van der Waals surface area contributed by atoms with Crippen molar-refractivity contribution in [1.82, 2.24) is 14.5 Å².